The summed E-state index contributed by atoms with van der Waals surface area (Å²) in [7, 11) is 0. The number of carbonyl (C=O) groups excluding carboxylic acids is 1. The van der Waals surface area contributed by atoms with Crippen LogP contribution >= 0.6 is 0 Å². The van der Waals surface area contributed by atoms with Crippen LogP contribution in [0.2, 0.25) is 0 Å². The van der Waals surface area contributed by atoms with Gasteiger partial charge >= 0.3 is 6.03 Å². The van der Waals surface area contributed by atoms with Crippen molar-refractivity contribution in [1.29, 1.82) is 0 Å². The molecule has 1 saturated heterocycles. The second kappa shape index (κ2) is 5.89. The van der Waals surface area contributed by atoms with Gasteiger partial charge in [0, 0.05) is 13.2 Å². The van der Waals surface area contributed by atoms with Gasteiger partial charge in [-0.1, -0.05) is 13.8 Å². The summed E-state index contributed by atoms with van der Waals surface area (Å²) < 4.78 is 5.28. The van der Waals surface area contributed by atoms with Crippen molar-refractivity contribution in [2.45, 2.75) is 52.2 Å². The number of aliphatic hydroxyl groups is 1. The second-order valence-corrected chi connectivity index (χ2v) is 6.39. The summed E-state index contributed by atoms with van der Waals surface area (Å²) >= 11 is 0. The molecule has 1 heterocycles. The third-order valence-electron chi connectivity index (χ3n) is 3.21. The van der Waals surface area contributed by atoms with Crippen LogP contribution in [0.25, 0.3) is 0 Å². The molecule has 1 fully saturated rings. The summed E-state index contributed by atoms with van der Waals surface area (Å²) in [6.45, 7) is 9.61. The van der Waals surface area contributed by atoms with Crippen molar-refractivity contribution in [3.63, 3.8) is 0 Å². The fraction of sp³-hybridized carbons (Fsp3) is 0.923. The molecule has 5 nitrogen and oxygen atoms in total. The predicted molar refractivity (Wildman–Crippen MR) is 70.5 cm³/mol. The number of urea groups is 1. The Kier molecular flexibility index (Phi) is 4.99. The second-order valence-electron chi connectivity index (χ2n) is 6.39. The fourth-order valence-electron chi connectivity index (χ4n) is 2.28. The van der Waals surface area contributed by atoms with Crippen molar-refractivity contribution >= 4 is 6.03 Å². The van der Waals surface area contributed by atoms with Gasteiger partial charge in [0.25, 0.3) is 0 Å². The zero-order chi connectivity index (χ0) is 13.8. The minimum absolute atomic E-state index is 0.113. The van der Waals surface area contributed by atoms with E-state index in [1.54, 1.807) is 6.92 Å². The van der Waals surface area contributed by atoms with Crippen LogP contribution in [-0.4, -0.2) is 42.5 Å². The van der Waals surface area contributed by atoms with Gasteiger partial charge in [-0.3, -0.25) is 0 Å². The molecule has 5 heteroatoms. The number of carbonyl (C=O) groups is 1. The molecule has 0 spiro atoms. The van der Waals surface area contributed by atoms with Crippen LogP contribution < -0.4 is 10.6 Å². The van der Waals surface area contributed by atoms with Crippen LogP contribution in [0.3, 0.4) is 0 Å². The van der Waals surface area contributed by atoms with E-state index in [2.05, 4.69) is 10.6 Å². The van der Waals surface area contributed by atoms with Gasteiger partial charge in [0.1, 0.15) is 0 Å². The average Bonchev–Trinajstić information content (AvgIpc) is 2.60. The van der Waals surface area contributed by atoms with Crippen LogP contribution in [0.15, 0.2) is 0 Å². The lowest BCUT2D eigenvalue weighted by Gasteiger charge is -2.28. The minimum atomic E-state index is -0.356. The predicted octanol–water partition coefficient (Wildman–Crippen LogP) is 1.26. The first-order valence-corrected chi connectivity index (χ1v) is 6.54. The highest BCUT2D eigenvalue weighted by atomic mass is 16.5. The van der Waals surface area contributed by atoms with E-state index in [1.165, 1.54) is 0 Å². The molecule has 1 aliphatic heterocycles. The molecule has 0 aromatic heterocycles. The molecular weight excluding hydrogens is 232 g/mol. The van der Waals surface area contributed by atoms with Crippen LogP contribution in [0.4, 0.5) is 4.79 Å². The van der Waals surface area contributed by atoms with Gasteiger partial charge in [-0.25, -0.2) is 4.79 Å². The molecule has 18 heavy (non-hydrogen) atoms. The normalized spacial score (nSPS) is 25.8. The van der Waals surface area contributed by atoms with Crippen molar-refractivity contribution < 1.29 is 14.6 Å². The maximum absolute atomic E-state index is 11.8. The summed E-state index contributed by atoms with van der Waals surface area (Å²) in [5, 5.41) is 15.2. The van der Waals surface area contributed by atoms with Crippen LogP contribution in [0.5, 0.6) is 0 Å². The maximum atomic E-state index is 11.8. The first kappa shape index (κ1) is 15.2. The molecule has 0 aliphatic carbocycles. The number of aliphatic hydroxyl groups excluding tert-OH is 1. The number of hydrogen-bond acceptors (Lipinski definition) is 3. The Hall–Kier alpha value is -0.810. The molecule has 0 radical (unpaired) electrons. The number of nitrogens with one attached hydrogen (secondary N) is 2. The third kappa shape index (κ3) is 5.23. The van der Waals surface area contributed by atoms with E-state index >= 15 is 0 Å². The zero-order valence-corrected chi connectivity index (χ0v) is 11.9. The lowest BCUT2D eigenvalue weighted by atomic mass is 9.87. The number of amides is 2. The van der Waals surface area contributed by atoms with Gasteiger partial charge in [0.15, 0.2) is 0 Å². The van der Waals surface area contributed by atoms with E-state index in [1.807, 2.05) is 20.8 Å². The van der Waals surface area contributed by atoms with Crippen molar-refractivity contribution in [2.75, 3.05) is 19.8 Å². The standard InChI is InChI=1S/C13H26N2O3/c1-10(16)7-12(2,3)8-14-11(17)15-13(4)5-6-18-9-13/h10,16H,5-9H2,1-4H3,(H2,14,15,17). The monoisotopic (exact) mass is 258 g/mol. The molecular formula is C13H26N2O3. The average molecular weight is 258 g/mol. The van der Waals surface area contributed by atoms with E-state index in [0.29, 0.717) is 26.2 Å². The van der Waals surface area contributed by atoms with E-state index in [9.17, 15) is 9.90 Å². The Morgan fingerprint density at radius 2 is 2.22 bits per heavy atom. The van der Waals surface area contributed by atoms with E-state index in [4.69, 9.17) is 4.74 Å². The Bertz CT molecular complexity index is 284. The Morgan fingerprint density at radius 3 is 2.72 bits per heavy atom. The molecule has 1 aliphatic rings. The molecule has 1 rings (SSSR count). The summed E-state index contributed by atoms with van der Waals surface area (Å²) in [4.78, 5) is 11.8. The molecule has 2 atom stereocenters. The maximum Gasteiger partial charge on any atom is 0.315 e. The van der Waals surface area contributed by atoms with Crippen LogP contribution in [0, 0.1) is 5.41 Å². The quantitative estimate of drug-likeness (QED) is 0.695. The first-order valence-electron chi connectivity index (χ1n) is 6.54. The van der Waals surface area contributed by atoms with Crippen molar-refractivity contribution in [1.82, 2.24) is 10.6 Å². The highest BCUT2D eigenvalue weighted by Gasteiger charge is 2.31. The molecule has 0 aromatic rings. The molecule has 2 amide bonds. The number of hydrogen-bond donors (Lipinski definition) is 3. The lowest BCUT2D eigenvalue weighted by Crippen LogP contribution is -2.52. The summed E-state index contributed by atoms with van der Waals surface area (Å²) in [5.41, 5.74) is -0.364. The first-order chi connectivity index (χ1) is 8.22. The van der Waals surface area contributed by atoms with E-state index in [-0.39, 0.29) is 23.1 Å². The summed E-state index contributed by atoms with van der Waals surface area (Å²) in [6, 6.07) is -0.165. The molecule has 2 unspecified atom stereocenters. The Morgan fingerprint density at radius 1 is 1.56 bits per heavy atom. The van der Waals surface area contributed by atoms with Crippen molar-refractivity contribution in [2.24, 2.45) is 5.41 Å². The van der Waals surface area contributed by atoms with E-state index < -0.39 is 0 Å². The molecule has 106 valence electrons. The van der Waals surface area contributed by atoms with Gasteiger partial charge < -0.3 is 20.5 Å². The van der Waals surface area contributed by atoms with Crippen molar-refractivity contribution in [3.05, 3.63) is 0 Å². The molecule has 0 bridgehead atoms. The van der Waals surface area contributed by atoms with Gasteiger partial charge in [0.2, 0.25) is 0 Å². The smallest absolute Gasteiger partial charge is 0.315 e. The Labute approximate surface area is 109 Å². The molecule has 0 aromatic carbocycles. The Balaban J connectivity index is 2.32. The van der Waals surface area contributed by atoms with Crippen LogP contribution in [-0.2, 0) is 4.74 Å². The van der Waals surface area contributed by atoms with Gasteiger partial charge in [-0.2, -0.15) is 0 Å². The zero-order valence-electron chi connectivity index (χ0n) is 11.9. The fourth-order valence-corrected chi connectivity index (χ4v) is 2.28. The van der Waals surface area contributed by atoms with Gasteiger partial charge in [-0.15, -0.1) is 0 Å². The topological polar surface area (TPSA) is 70.6 Å². The summed E-state index contributed by atoms with van der Waals surface area (Å²) in [5.74, 6) is 0. The highest BCUT2D eigenvalue weighted by Crippen LogP contribution is 2.21. The lowest BCUT2D eigenvalue weighted by molar-refractivity contribution is 0.128. The number of ether oxygens (including phenoxy) is 1. The van der Waals surface area contributed by atoms with Crippen LogP contribution in [0.1, 0.15) is 40.5 Å². The van der Waals surface area contributed by atoms with E-state index in [0.717, 1.165) is 6.42 Å². The van der Waals surface area contributed by atoms with Gasteiger partial charge in [0.05, 0.1) is 18.2 Å². The SMILES string of the molecule is CC(O)CC(C)(C)CNC(=O)NC1(C)CCOC1. The minimum Gasteiger partial charge on any atom is -0.393 e. The highest BCUT2D eigenvalue weighted by molar-refractivity contribution is 5.74. The molecule has 0 saturated carbocycles. The van der Waals surface area contributed by atoms with Crippen molar-refractivity contribution in [3.8, 4) is 0 Å². The third-order valence-corrected chi connectivity index (χ3v) is 3.21. The molecule has 3 N–H and O–H groups in total. The van der Waals surface area contributed by atoms with Gasteiger partial charge in [-0.05, 0) is 32.1 Å². The number of rotatable bonds is 5. The largest absolute Gasteiger partial charge is 0.393 e. The summed E-state index contributed by atoms with van der Waals surface area (Å²) in [6.07, 6.45) is 1.15.